The predicted octanol–water partition coefficient (Wildman–Crippen LogP) is 5.21. The molecule has 0 aliphatic carbocycles. The van der Waals surface area contributed by atoms with Crippen molar-refractivity contribution in [1.29, 1.82) is 0 Å². The van der Waals surface area contributed by atoms with Crippen molar-refractivity contribution < 1.29 is 18.7 Å². The third-order valence-electron chi connectivity index (χ3n) is 4.23. The van der Waals surface area contributed by atoms with Crippen LogP contribution in [0, 0.1) is 0 Å². The van der Waals surface area contributed by atoms with Crippen LogP contribution in [0.4, 0.5) is 5.13 Å². The molecule has 0 atom stereocenters. The summed E-state index contributed by atoms with van der Waals surface area (Å²) in [6, 6.07) is 20.7. The van der Waals surface area contributed by atoms with Crippen LogP contribution in [0.1, 0.15) is 21.9 Å². The van der Waals surface area contributed by atoms with Crippen molar-refractivity contribution in [2.45, 2.75) is 6.61 Å². The molecular formula is C23H19N3O4S. The Bertz CT molecular complexity index is 1180. The first-order valence-corrected chi connectivity index (χ1v) is 10.3. The fourth-order valence-corrected chi connectivity index (χ4v) is 3.40. The molecule has 0 spiro atoms. The lowest BCUT2D eigenvalue weighted by Gasteiger charge is -2.05. The second-order valence-electron chi connectivity index (χ2n) is 6.39. The van der Waals surface area contributed by atoms with Crippen molar-refractivity contribution >= 4 is 28.7 Å². The van der Waals surface area contributed by atoms with E-state index in [0.29, 0.717) is 16.6 Å². The molecule has 0 fully saturated rings. The molecule has 1 N–H and O–H groups in total. The van der Waals surface area contributed by atoms with Crippen molar-refractivity contribution in [3.63, 3.8) is 0 Å². The first-order chi connectivity index (χ1) is 15.2. The van der Waals surface area contributed by atoms with E-state index in [1.165, 1.54) is 18.4 Å². The molecule has 0 saturated heterocycles. The highest BCUT2D eigenvalue weighted by atomic mass is 32.1. The quantitative estimate of drug-likeness (QED) is 0.233. The zero-order valence-electron chi connectivity index (χ0n) is 16.6. The number of nitrogens with one attached hydrogen (secondary N) is 1. The van der Waals surface area contributed by atoms with Crippen molar-refractivity contribution in [2.24, 2.45) is 5.10 Å². The van der Waals surface area contributed by atoms with Crippen LogP contribution in [0.25, 0.3) is 11.3 Å². The average molecular weight is 433 g/mol. The molecule has 0 saturated carbocycles. The standard InChI is InChI=1S/C23H19N3O4S/c1-28-22(27)21-11-10-19(30-21)14-29-18-9-5-6-16(12-18)13-24-26-23-25-20(15-31-23)17-7-3-2-4-8-17/h2-13,15H,14H2,1H3,(H,25,26). The number of anilines is 1. The molecule has 0 radical (unpaired) electrons. The molecular weight excluding hydrogens is 414 g/mol. The summed E-state index contributed by atoms with van der Waals surface area (Å²) < 4.78 is 15.8. The van der Waals surface area contributed by atoms with E-state index >= 15 is 0 Å². The van der Waals surface area contributed by atoms with E-state index in [0.717, 1.165) is 16.8 Å². The van der Waals surface area contributed by atoms with Crippen molar-refractivity contribution in [3.05, 3.63) is 89.2 Å². The van der Waals surface area contributed by atoms with E-state index in [1.807, 2.05) is 60.0 Å². The Morgan fingerprint density at radius 3 is 2.87 bits per heavy atom. The molecule has 0 bridgehead atoms. The van der Waals surface area contributed by atoms with Gasteiger partial charge in [0.1, 0.15) is 18.1 Å². The minimum absolute atomic E-state index is 0.144. The lowest BCUT2D eigenvalue weighted by Crippen LogP contribution is -1.99. The molecule has 2 aromatic heterocycles. The number of hydrogen-bond donors (Lipinski definition) is 1. The summed E-state index contributed by atoms with van der Waals surface area (Å²) in [6.45, 7) is 0.192. The number of hydrazone groups is 1. The van der Waals surface area contributed by atoms with Gasteiger partial charge in [0, 0.05) is 10.9 Å². The van der Waals surface area contributed by atoms with Crippen molar-refractivity contribution in [3.8, 4) is 17.0 Å². The summed E-state index contributed by atoms with van der Waals surface area (Å²) in [5.74, 6) is 0.804. The van der Waals surface area contributed by atoms with Gasteiger partial charge in [-0.1, -0.05) is 42.5 Å². The SMILES string of the molecule is COC(=O)c1ccc(COc2cccc(C=NNc3nc(-c4ccccc4)cs3)c2)o1. The van der Waals surface area contributed by atoms with Crippen LogP contribution in [-0.4, -0.2) is 24.3 Å². The maximum Gasteiger partial charge on any atom is 0.373 e. The van der Waals surface area contributed by atoms with Gasteiger partial charge in [-0.2, -0.15) is 5.10 Å². The summed E-state index contributed by atoms with van der Waals surface area (Å²) >= 11 is 1.49. The van der Waals surface area contributed by atoms with Crippen molar-refractivity contribution in [2.75, 3.05) is 12.5 Å². The van der Waals surface area contributed by atoms with Gasteiger partial charge in [-0.15, -0.1) is 11.3 Å². The number of thiazole rings is 1. The number of carbonyl (C=O) groups is 1. The van der Waals surface area contributed by atoms with Gasteiger partial charge >= 0.3 is 5.97 Å². The molecule has 4 aromatic rings. The van der Waals surface area contributed by atoms with Crippen LogP contribution in [0.15, 0.2) is 81.6 Å². The van der Waals surface area contributed by atoms with E-state index in [4.69, 9.17) is 9.15 Å². The van der Waals surface area contributed by atoms with Gasteiger partial charge in [-0.25, -0.2) is 9.78 Å². The number of hydrogen-bond acceptors (Lipinski definition) is 8. The maximum atomic E-state index is 11.4. The third kappa shape index (κ3) is 5.37. The van der Waals surface area contributed by atoms with Crippen LogP contribution in [-0.2, 0) is 11.3 Å². The Hall–Kier alpha value is -3.91. The van der Waals surface area contributed by atoms with Crippen LogP contribution >= 0.6 is 11.3 Å². The second-order valence-corrected chi connectivity index (χ2v) is 7.25. The minimum Gasteiger partial charge on any atom is -0.486 e. The normalized spacial score (nSPS) is 10.9. The molecule has 31 heavy (non-hydrogen) atoms. The number of methoxy groups -OCH3 is 1. The summed E-state index contributed by atoms with van der Waals surface area (Å²) in [6.07, 6.45) is 1.69. The van der Waals surface area contributed by atoms with Gasteiger partial charge in [0.15, 0.2) is 0 Å². The Kier molecular flexibility index (Phi) is 6.39. The lowest BCUT2D eigenvalue weighted by atomic mass is 10.2. The number of esters is 1. The number of ether oxygens (including phenoxy) is 2. The molecule has 4 rings (SSSR count). The first kappa shape index (κ1) is 20.4. The Balaban J connectivity index is 1.33. The fourth-order valence-electron chi connectivity index (χ4n) is 2.73. The number of benzene rings is 2. The molecule has 2 heterocycles. The maximum absolute atomic E-state index is 11.4. The lowest BCUT2D eigenvalue weighted by molar-refractivity contribution is 0.0561. The highest BCUT2D eigenvalue weighted by Gasteiger charge is 2.11. The van der Waals surface area contributed by atoms with Crippen LogP contribution < -0.4 is 10.2 Å². The second kappa shape index (κ2) is 9.73. The third-order valence-corrected chi connectivity index (χ3v) is 4.98. The summed E-state index contributed by atoms with van der Waals surface area (Å²) in [7, 11) is 1.31. The highest BCUT2D eigenvalue weighted by Crippen LogP contribution is 2.24. The molecule has 0 amide bonds. The number of carbonyl (C=O) groups excluding carboxylic acids is 1. The van der Waals surface area contributed by atoms with E-state index in [9.17, 15) is 4.79 Å². The first-order valence-electron chi connectivity index (χ1n) is 9.41. The van der Waals surface area contributed by atoms with Crippen LogP contribution in [0.3, 0.4) is 0 Å². The average Bonchev–Trinajstić information content (AvgIpc) is 3.48. The smallest absolute Gasteiger partial charge is 0.373 e. The predicted molar refractivity (Wildman–Crippen MR) is 120 cm³/mol. The Labute approximate surface area is 183 Å². The van der Waals surface area contributed by atoms with Gasteiger partial charge in [0.25, 0.3) is 0 Å². The monoisotopic (exact) mass is 433 g/mol. The van der Waals surface area contributed by atoms with E-state index in [2.05, 4.69) is 20.2 Å². The fraction of sp³-hybridized carbons (Fsp3) is 0.0870. The van der Waals surface area contributed by atoms with Gasteiger partial charge in [0.05, 0.1) is 19.0 Å². The zero-order valence-corrected chi connectivity index (χ0v) is 17.5. The molecule has 156 valence electrons. The van der Waals surface area contributed by atoms with Gasteiger partial charge in [0.2, 0.25) is 10.9 Å². The van der Waals surface area contributed by atoms with Crippen molar-refractivity contribution in [1.82, 2.24) is 4.98 Å². The molecule has 7 nitrogen and oxygen atoms in total. The van der Waals surface area contributed by atoms with E-state index in [1.54, 1.807) is 18.3 Å². The summed E-state index contributed by atoms with van der Waals surface area (Å²) in [4.78, 5) is 16.0. The van der Waals surface area contributed by atoms with E-state index < -0.39 is 5.97 Å². The summed E-state index contributed by atoms with van der Waals surface area (Å²) in [5, 5.41) is 6.96. The Morgan fingerprint density at radius 2 is 2.03 bits per heavy atom. The molecule has 8 heteroatoms. The molecule has 0 unspecified atom stereocenters. The molecule has 0 aliphatic heterocycles. The topological polar surface area (TPSA) is 86.0 Å². The number of aromatic nitrogens is 1. The number of furan rings is 1. The van der Waals surface area contributed by atoms with Gasteiger partial charge in [-0.3, -0.25) is 5.43 Å². The van der Waals surface area contributed by atoms with Crippen LogP contribution in [0.5, 0.6) is 5.75 Å². The van der Waals surface area contributed by atoms with Gasteiger partial charge < -0.3 is 13.9 Å². The molecule has 0 aliphatic rings. The number of nitrogens with zero attached hydrogens (tertiary/aromatic N) is 2. The van der Waals surface area contributed by atoms with Gasteiger partial charge in [-0.05, 0) is 29.8 Å². The Morgan fingerprint density at radius 1 is 1.16 bits per heavy atom. The van der Waals surface area contributed by atoms with Crippen LogP contribution in [0.2, 0.25) is 0 Å². The highest BCUT2D eigenvalue weighted by molar-refractivity contribution is 7.14. The zero-order chi connectivity index (χ0) is 21.5. The minimum atomic E-state index is -0.520. The largest absolute Gasteiger partial charge is 0.486 e. The number of rotatable bonds is 8. The molecule has 2 aromatic carbocycles. The van der Waals surface area contributed by atoms with E-state index in [-0.39, 0.29) is 12.4 Å². The summed E-state index contributed by atoms with van der Waals surface area (Å²) in [5.41, 5.74) is 5.79.